The summed E-state index contributed by atoms with van der Waals surface area (Å²) in [5.41, 5.74) is 2.66. The van der Waals surface area contributed by atoms with Gasteiger partial charge in [0.1, 0.15) is 0 Å². The number of likely N-dealkylation sites (tertiary alicyclic amines) is 1. The molecule has 2 atom stereocenters. The van der Waals surface area contributed by atoms with Crippen molar-refractivity contribution in [2.24, 2.45) is 0 Å². The molecule has 0 aliphatic carbocycles. The lowest BCUT2D eigenvalue weighted by Gasteiger charge is -2.39. The molecule has 1 aromatic rings. The summed E-state index contributed by atoms with van der Waals surface area (Å²) < 4.78 is 0. The Hall–Kier alpha value is -1.84. The molecule has 0 saturated carbocycles. The molecule has 1 fully saturated rings. The van der Waals surface area contributed by atoms with Crippen LogP contribution in [-0.4, -0.2) is 28.8 Å². The number of benzene rings is 1. The van der Waals surface area contributed by atoms with E-state index in [0.717, 1.165) is 29.7 Å². The van der Waals surface area contributed by atoms with Crippen molar-refractivity contribution in [3.05, 3.63) is 29.3 Å². The van der Waals surface area contributed by atoms with E-state index in [0.29, 0.717) is 24.9 Å². The van der Waals surface area contributed by atoms with Gasteiger partial charge in [-0.1, -0.05) is 0 Å². The first-order valence-corrected chi connectivity index (χ1v) is 7.81. The Morgan fingerprint density at radius 3 is 2.62 bits per heavy atom. The summed E-state index contributed by atoms with van der Waals surface area (Å²) in [6.07, 6.45) is 4.57. The fraction of sp³-hybridized carbons (Fsp3) is 0.529. The number of amides is 2. The van der Waals surface area contributed by atoms with Gasteiger partial charge in [-0.3, -0.25) is 9.59 Å². The second-order valence-corrected chi connectivity index (χ2v) is 6.26. The third-order valence-electron chi connectivity index (χ3n) is 4.68. The van der Waals surface area contributed by atoms with Crippen molar-refractivity contribution < 1.29 is 9.59 Å². The van der Waals surface area contributed by atoms with Crippen LogP contribution >= 0.6 is 0 Å². The molecule has 3 rings (SSSR count). The number of piperidine rings is 1. The number of aryl methyl sites for hydroxylation is 1. The van der Waals surface area contributed by atoms with Crippen molar-refractivity contribution in [2.75, 3.05) is 5.32 Å². The van der Waals surface area contributed by atoms with E-state index in [9.17, 15) is 9.59 Å². The van der Waals surface area contributed by atoms with Crippen molar-refractivity contribution in [1.82, 2.24) is 4.90 Å². The fourth-order valence-corrected chi connectivity index (χ4v) is 3.49. The molecule has 1 saturated heterocycles. The molecule has 0 spiro atoms. The number of anilines is 1. The Morgan fingerprint density at radius 2 is 1.90 bits per heavy atom. The first-order valence-electron chi connectivity index (χ1n) is 7.81. The quantitative estimate of drug-likeness (QED) is 0.863. The number of fused-ring (bicyclic) bond motifs is 1. The van der Waals surface area contributed by atoms with Gasteiger partial charge in [0.05, 0.1) is 0 Å². The Morgan fingerprint density at radius 1 is 1.19 bits per heavy atom. The van der Waals surface area contributed by atoms with Gasteiger partial charge in [-0.2, -0.15) is 0 Å². The summed E-state index contributed by atoms with van der Waals surface area (Å²) in [7, 11) is 0. The molecule has 21 heavy (non-hydrogen) atoms. The van der Waals surface area contributed by atoms with E-state index in [1.807, 2.05) is 23.1 Å². The predicted molar refractivity (Wildman–Crippen MR) is 82.3 cm³/mol. The van der Waals surface area contributed by atoms with Crippen molar-refractivity contribution in [3.8, 4) is 0 Å². The molecule has 112 valence electrons. The third kappa shape index (κ3) is 2.67. The Bertz CT molecular complexity index is 572. The second-order valence-electron chi connectivity index (χ2n) is 6.26. The molecule has 0 radical (unpaired) electrons. The van der Waals surface area contributed by atoms with Crippen LogP contribution in [0.4, 0.5) is 5.69 Å². The van der Waals surface area contributed by atoms with Gasteiger partial charge in [-0.25, -0.2) is 0 Å². The molecule has 1 N–H and O–H groups in total. The van der Waals surface area contributed by atoms with E-state index >= 15 is 0 Å². The lowest BCUT2D eigenvalue weighted by molar-refractivity contribution is -0.116. The van der Waals surface area contributed by atoms with Crippen molar-refractivity contribution in [1.29, 1.82) is 0 Å². The van der Waals surface area contributed by atoms with E-state index in [-0.39, 0.29) is 11.8 Å². The van der Waals surface area contributed by atoms with Crippen LogP contribution in [-0.2, 0) is 11.2 Å². The van der Waals surface area contributed by atoms with E-state index in [1.54, 1.807) is 0 Å². The van der Waals surface area contributed by atoms with Crippen LogP contribution in [0, 0.1) is 0 Å². The van der Waals surface area contributed by atoms with Gasteiger partial charge in [0, 0.05) is 29.8 Å². The van der Waals surface area contributed by atoms with Gasteiger partial charge in [0.2, 0.25) is 5.91 Å². The smallest absolute Gasteiger partial charge is 0.254 e. The normalized spacial score (nSPS) is 25.2. The first-order chi connectivity index (χ1) is 10.1. The zero-order valence-corrected chi connectivity index (χ0v) is 12.7. The third-order valence-corrected chi connectivity index (χ3v) is 4.68. The van der Waals surface area contributed by atoms with E-state index in [4.69, 9.17) is 0 Å². The summed E-state index contributed by atoms with van der Waals surface area (Å²) in [5, 5.41) is 2.86. The molecule has 0 aromatic heterocycles. The van der Waals surface area contributed by atoms with Gasteiger partial charge >= 0.3 is 0 Å². The molecule has 1 aromatic carbocycles. The largest absolute Gasteiger partial charge is 0.333 e. The van der Waals surface area contributed by atoms with Crippen LogP contribution in [0.25, 0.3) is 0 Å². The lowest BCUT2D eigenvalue weighted by atomic mass is 9.95. The van der Waals surface area contributed by atoms with Crippen LogP contribution in [0.2, 0.25) is 0 Å². The first kappa shape index (κ1) is 14.1. The SMILES string of the molecule is CC1CCCC(C)N1C(=O)c1ccc2c(c1)CCC(=O)N2. The minimum Gasteiger partial charge on any atom is -0.333 e. The number of hydrogen-bond acceptors (Lipinski definition) is 2. The standard InChI is InChI=1S/C17H22N2O2/c1-11-4-3-5-12(2)19(11)17(21)14-6-8-15-13(10-14)7-9-16(20)18-15/h6,8,10-12H,3-5,7,9H2,1-2H3,(H,18,20). The number of hydrogen-bond donors (Lipinski definition) is 1. The highest BCUT2D eigenvalue weighted by Crippen LogP contribution is 2.28. The molecule has 4 nitrogen and oxygen atoms in total. The zero-order chi connectivity index (χ0) is 15.0. The number of nitrogens with one attached hydrogen (secondary N) is 1. The maximum Gasteiger partial charge on any atom is 0.254 e. The van der Waals surface area contributed by atoms with Crippen LogP contribution in [0.5, 0.6) is 0 Å². The fourth-order valence-electron chi connectivity index (χ4n) is 3.49. The van der Waals surface area contributed by atoms with Crippen molar-refractivity contribution >= 4 is 17.5 Å². The van der Waals surface area contributed by atoms with Crippen LogP contribution in [0.15, 0.2) is 18.2 Å². The zero-order valence-electron chi connectivity index (χ0n) is 12.7. The predicted octanol–water partition coefficient (Wildman–Crippen LogP) is 2.97. The molecular weight excluding hydrogens is 264 g/mol. The molecular formula is C17H22N2O2. The van der Waals surface area contributed by atoms with Crippen LogP contribution < -0.4 is 5.32 Å². The average Bonchev–Trinajstić information content (AvgIpc) is 2.46. The molecule has 0 bridgehead atoms. The number of carbonyl (C=O) groups is 2. The maximum absolute atomic E-state index is 12.8. The highest BCUT2D eigenvalue weighted by molar-refractivity contribution is 5.98. The van der Waals surface area contributed by atoms with Gasteiger partial charge < -0.3 is 10.2 Å². The minimum absolute atomic E-state index is 0.0554. The Labute approximate surface area is 125 Å². The molecule has 2 aliphatic rings. The monoisotopic (exact) mass is 286 g/mol. The number of nitrogens with zero attached hydrogens (tertiary/aromatic N) is 1. The maximum atomic E-state index is 12.8. The van der Waals surface area contributed by atoms with Crippen molar-refractivity contribution in [2.45, 2.75) is 58.0 Å². The summed E-state index contributed by atoms with van der Waals surface area (Å²) in [4.78, 5) is 26.2. The summed E-state index contributed by atoms with van der Waals surface area (Å²) in [6.45, 7) is 4.26. The molecule has 2 unspecified atom stereocenters. The number of rotatable bonds is 1. The van der Waals surface area contributed by atoms with E-state index < -0.39 is 0 Å². The van der Waals surface area contributed by atoms with E-state index in [2.05, 4.69) is 19.2 Å². The lowest BCUT2D eigenvalue weighted by Crippen LogP contribution is -2.47. The summed E-state index contributed by atoms with van der Waals surface area (Å²) >= 11 is 0. The molecule has 2 amide bonds. The van der Waals surface area contributed by atoms with Gasteiger partial charge in [0.25, 0.3) is 5.91 Å². The summed E-state index contributed by atoms with van der Waals surface area (Å²) in [6, 6.07) is 6.25. The minimum atomic E-state index is 0.0554. The van der Waals surface area contributed by atoms with Gasteiger partial charge in [-0.05, 0) is 63.3 Å². The molecule has 4 heteroatoms. The van der Waals surface area contributed by atoms with Crippen molar-refractivity contribution in [3.63, 3.8) is 0 Å². The molecule has 2 heterocycles. The Kier molecular flexibility index (Phi) is 3.70. The number of carbonyl (C=O) groups excluding carboxylic acids is 2. The summed E-state index contributed by atoms with van der Waals surface area (Å²) in [5.74, 6) is 0.175. The van der Waals surface area contributed by atoms with Crippen LogP contribution in [0.1, 0.15) is 55.5 Å². The average molecular weight is 286 g/mol. The molecule has 2 aliphatic heterocycles. The van der Waals surface area contributed by atoms with Crippen LogP contribution in [0.3, 0.4) is 0 Å². The second kappa shape index (κ2) is 5.51. The van der Waals surface area contributed by atoms with E-state index in [1.165, 1.54) is 6.42 Å². The highest BCUT2D eigenvalue weighted by Gasteiger charge is 2.30. The van der Waals surface area contributed by atoms with Gasteiger partial charge in [0.15, 0.2) is 0 Å². The highest BCUT2D eigenvalue weighted by atomic mass is 16.2. The topological polar surface area (TPSA) is 49.4 Å². The van der Waals surface area contributed by atoms with Gasteiger partial charge in [-0.15, -0.1) is 0 Å². The Balaban J connectivity index is 1.86.